The second-order valence-electron chi connectivity index (χ2n) is 6.55. The molecule has 0 atom stereocenters. The summed E-state index contributed by atoms with van der Waals surface area (Å²) in [5, 5.41) is 11.4. The van der Waals surface area contributed by atoms with Gasteiger partial charge in [0.2, 0.25) is 0 Å². The van der Waals surface area contributed by atoms with Crippen LogP contribution in [0.15, 0.2) is 29.2 Å². The Morgan fingerprint density at radius 3 is 2.70 bits per heavy atom. The number of aryl methyl sites for hydroxylation is 1. The first-order valence-corrected chi connectivity index (χ1v) is 9.17. The van der Waals surface area contributed by atoms with Crippen molar-refractivity contribution in [1.29, 1.82) is 0 Å². The summed E-state index contributed by atoms with van der Waals surface area (Å²) in [5.74, 6) is 0.407. The Balaban J connectivity index is 2.29. The smallest absolute Gasteiger partial charge is 0.262 e. The summed E-state index contributed by atoms with van der Waals surface area (Å²) in [5.41, 5.74) is 1.87. The molecule has 0 saturated carbocycles. The van der Waals surface area contributed by atoms with Gasteiger partial charge in [-0.2, -0.15) is 0 Å². The standard InChI is InChI=1S/C21H24N2O4/c1-4-6-11-27-20-14-9-10-23(3)17(14)8-7-15(20)18-13(5-2)19(25)16(12-24)21(26)22-18/h7-10,12H,4-6,11H2,1-3H3,(H2,22,25,26). The number of hydrogen-bond acceptors (Lipinski definition) is 4. The van der Waals surface area contributed by atoms with Crippen LogP contribution in [0.4, 0.5) is 0 Å². The van der Waals surface area contributed by atoms with Gasteiger partial charge in [0.1, 0.15) is 17.1 Å². The van der Waals surface area contributed by atoms with Gasteiger partial charge in [0.15, 0.2) is 6.29 Å². The average Bonchev–Trinajstić information content (AvgIpc) is 3.03. The number of benzene rings is 1. The molecule has 6 nitrogen and oxygen atoms in total. The van der Waals surface area contributed by atoms with E-state index < -0.39 is 5.56 Å². The molecular weight excluding hydrogens is 344 g/mol. The molecule has 0 amide bonds. The van der Waals surface area contributed by atoms with Crippen molar-refractivity contribution < 1.29 is 14.6 Å². The Kier molecular flexibility index (Phi) is 5.35. The Hall–Kier alpha value is -3.02. The summed E-state index contributed by atoms with van der Waals surface area (Å²) in [7, 11) is 1.96. The van der Waals surface area contributed by atoms with Gasteiger partial charge in [-0.1, -0.05) is 20.3 Å². The minimum Gasteiger partial charge on any atom is -0.507 e. The number of aldehydes is 1. The lowest BCUT2D eigenvalue weighted by atomic mass is 9.99. The van der Waals surface area contributed by atoms with Crippen molar-refractivity contribution in [2.24, 2.45) is 7.05 Å². The zero-order chi connectivity index (χ0) is 19.6. The number of pyridine rings is 1. The zero-order valence-corrected chi connectivity index (χ0v) is 15.8. The van der Waals surface area contributed by atoms with Gasteiger partial charge in [0.25, 0.3) is 5.56 Å². The Morgan fingerprint density at radius 2 is 2.04 bits per heavy atom. The average molecular weight is 368 g/mol. The van der Waals surface area contributed by atoms with E-state index in [1.807, 2.05) is 42.9 Å². The van der Waals surface area contributed by atoms with Crippen molar-refractivity contribution in [1.82, 2.24) is 9.55 Å². The first kappa shape index (κ1) is 18.8. The molecule has 0 unspecified atom stereocenters. The van der Waals surface area contributed by atoms with Crippen molar-refractivity contribution in [2.75, 3.05) is 6.61 Å². The molecule has 0 aliphatic heterocycles. The first-order valence-electron chi connectivity index (χ1n) is 9.17. The molecule has 0 radical (unpaired) electrons. The topological polar surface area (TPSA) is 84.3 Å². The van der Waals surface area contributed by atoms with E-state index in [0.717, 1.165) is 23.7 Å². The summed E-state index contributed by atoms with van der Waals surface area (Å²) in [6, 6.07) is 5.82. The summed E-state index contributed by atoms with van der Waals surface area (Å²) in [6.07, 6.45) is 4.72. The van der Waals surface area contributed by atoms with Crippen LogP contribution in [0.5, 0.6) is 11.5 Å². The monoisotopic (exact) mass is 368 g/mol. The van der Waals surface area contributed by atoms with Crippen LogP contribution in [0, 0.1) is 0 Å². The molecule has 27 heavy (non-hydrogen) atoms. The van der Waals surface area contributed by atoms with E-state index in [1.54, 1.807) is 0 Å². The van der Waals surface area contributed by atoms with Crippen molar-refractivity contribution in [3.05, 3.63) is 45.9 Å². The second kappa shape index (κ2) is 7.70. The molecular formula is C21H24N2O4. The number of aromatic hydroxyl groups is 1. The van der Waals surface area contributed by atoms with Gasteiger partial charge in [-0.3, -0.25) is 9.59 Å². The van der Waals surface area contributed by atoms with Gasteiger partial charge >= 0.3 is 0 Å². The van der Waals surface area contributed by atoms with Crippen LogP contribution in [0.1, 0.15) is 42.6 Å². The summed E-state index contributed by atoms with van der Waals surface area (Å²) >= 11 is 0. The lowest BCUT2D eigenvalue weighted by Crippen LogP contribution is -2.15. The molecule has 0 aliphatic rings. The molecule has 3 aromatic rings. The van der Waals surface area contributed by atoms with E-state index in [-0.39, 0.29) is 11.3 Å². The SMILES string of the molecule is CCCCOc1c(-c2[nH]c(=O)c(C=O)c(O)c2CC)ccc2c1ccn2C. The number of aromatic amines is 1. The molecule has 2 N–H and O–H groups in total. The lowest BCUT2D eigenvalue weighted by Gasteiger charge is -2.17. The highest BCUT2D eigenvalue weighted by Gasteiger charge is 2.21. The van der Waals surface area contributed by atoms with Crippen molar-refractivity contribution in [2.45, 2.75) is 33.1 Å². The molecule has 0 fully saturated rings. The number of carbonyl (C=O) groups is 1. The van der Waals surface area contributed by atoms with Crippen LogP contribution in [0.3, 0.4) is 0 Å². The van der Waals surface area contributed by atoms with Crippen molar-refractivity contribution >= 4 is 17.2 Å². The molecule has 0 spiro atoms. The number of nitrogens with one attached hydrogen (secondary N) is 1. The fraction of sp³-hybridized carbons (Fsp3) is 0.333. The van der Waals surface area contributed by atoms with Crippen LogP contribution < -0.4 is 10.3 Å². The maximum Gasteiger partial charge on any atom is 0.262 e. The highest BCUT2D eigenvalue weighted by Crippen LogP contribution is 2.39. The van der Waals surface area contributed by atoms with Crippen molar-refractivity contribution in [3.63, 3.8) is 0 Å². The predicted molar refractivity (Wildman–Crippen MR) is 106 cm³/mol. The van der Waals surface area contributed by atoms with Crippen LogP contribution >= 0.6 is 0 Å². The van der Waals surface area contributed by atoms with E-state index in [1.165, 1.54) is 0 Å². The van der Waals surface area contributed by atoms with Gasteiger partial charge < -0.3 is 19.4 Å². The fourth-order valence-electron chi connectivity index (χ4n) is 3.32. The number of unbranched alkanes of at least 4 members (excludes halogenated alkanes) is 1. The Labute approximate surface area is 157 Å². The highest BCUT2D eigenvalue weighted by atomic mass is 16.5. The van der Waals surface area contributed by atoms with Gasteiger partial charge in [0.05, 0.1) is 17.8 Å². The maximum absolute atomic E-state index is 12.3. The number of H-pyrrole nitrogens is 1. The minimum absolute atomic E-state index is 0.246. The molecule has 1 aromatic carbocycles. The molecule has 142 valence electrons. The third-order valence-electron chi connectivity index (χ3n) is 4.83. The highest BCUT2D eigenvalue weighted by molar-refractivity contribution is 5.94. The second-order valence-corrected chi connectivity index (χ2v) is 6.55. The van der Waals surface area contributed by atoms with Crippen LogP contribution in [-0.4, -0.2) is 27.6 Å². The Bertz CT molecular complexity index is 1050. The first-order chi connectivity index (χ1) is 13.0. The number of fused-ring (bicyclic) bond motifs is 1. The molecule has 2 aromatic heterocycles. The van der Waals surface area contributed by atoms with Crippen molar-refractivity contribution in [3.8, 4) is 22.8 Å². The normalized spacial score (nSPS) is 11.1. The molecule has 0 bridgehead atoms. The van der Waals surface area contributed by atoms with E-state index in [9.17, 15) is 14.7 Å². The van der Waals surface area contributed by atoms with E-state index in [0.29, 0.717) is 41.9 Å². The minimum atomic E-state index is -0.609. The number of aromatic nitrogens is 2. The summed E-state index contributed by atoms with van der Waals surface area (Å²) in [6.45, 7) is 4.52. The van der Waals surface area contributed by atoms with E-state index >= 15 is 0 Å². The Morgan fingerprint density at radius 1 is 1.26 bits per heavy atom. The number of carbonyl (C=O) groups excluding carboxylic acids is 1. The maximum atomic E-state index is 12.3. The zero-order valence-electron chi connectivity index (χ0n) is 15.8. The predicted octanol–water partition coefficient (Wildman–Crippen LogP) is 3.79. The summed E-state index contributed by atoms with van der Waals surface area (Å²) < 4.78 is 8.11. The van der Waals surface area contributed by atoms with Crippen LogP contribution in [-0.2, 0) is 13.5 Å². The van der Waals surface area contributed by atoms with E-state index in [4.69, 9.17) is 4.74 Å². The number of hydrogen-bond donors (Lipinski definition) is 2. The number of ether oxygens (including phenoxy) is 1. The lowest BCUT2D eigenvalue weighted by molar-refractivity contribution is 0.111. The van der Waals surface area contributed by atoms with Gasteiger partial charge in [-0.25, -0.2) is 0 Å². The van der Waals surface area contributed by atoms with Crippen LogP contribution in [0.2, 0.25) is 0 Å². The van der Waals surface area contributed by atoms with E-state index in [2.05, 4.69) is 11.9 Å². The van der Waals surface area contributed by atoms with Gasteiger partial charge in [-0.15, -0.1) is 0 Å². The van der Waals surface area contributed by atoms with Gasteiger partial charge in [-0.05, 0) is 31.0 Å². The molecule has 0 aliphatic carbocycles. The molecule has 2 heterocycles. The summed E-state index contributed by atoms with van der Waals surface area (Å²) in [4.78, 5) is 26.2. The molecule has 6 heteroatoms. The van der Waals surface area contributed by atoms with Crippen LogP contribution in [0.25, 0.3) is 22.2 Å². The third kappa shape index (κ3) is 3.23. The quantitative estimate of drug-likeness (QED) is 0.491. The fourth-order valence-corrected chi connectivity index (χ4v) is 3.32. The van der Waals surface area contributed by atoms with Gasteiger partial charge in [0, 0.05) is 29.8 Å². The number of rotatable bonds is 7. The third-order valence-corrected chi connectivity index (χ3v) is 4.83. The molecule has 0 saturated heterocycles. The number of nitrogens with zero attached hydrogens (tertiary/aromatic N) is 1. The molecule has 3 rings (SSSR count). The largest absolute Gasteiger partial charge is 0.507 e.